The Bertz CT molecular complexity index is 731. The molecule has 0 saturated carbocycles. The van der Waals surface area contributed by atoms with E-state index in [0.717, 1.165) is 36.4 Å². The second-order valence-electron chi connectivity index (χ2n) is 6.47. The SMILES string of the molecule is COc1ccccc1CCNC(=O)[C@@H]1CN(Cc2cnn(C)c2)CCO1. The van der Waals surface area contributed by atoms with Gasteiger partial charge in [0.2, 0.25) is 5.91 Å². The van der Waals surface area contributed by atoms with E-state index in [2.05, 4.69) is 15.3 Å². The van der Waals surface area contributed by atoms with Crippen LogP contribution in [-0.2, 0) is 29.5 Å². The molecule has 1 aromatic heterocycles. The van der Waals surface area contributed by atoms with Crippen LogP contribution in [0.2, 0.25) is 0 Å². The topological polar surface area (TPSA) is 68.6 Å². The average molecular weight is 358 g/mol. The maximum absolute atomic E-state index is 12.4. The van der Waals surface area contributed by atoms with Crippen molar-refractivity contribution < 1.29 is 14.3 Å². The number of benzene rings is 1. The number of hydrogen-bond donors (Lipinski definition) is 1. The highest BCUT2D eigenvalue weighted by atomic mass is 16.5. The Morgan fingerprint density at radius 1 is 1.42 bits per heavy atom. The number of carbonyl (C=O) groups is 1. The Balaban J connectivity index is 1.46. The quantitative estimate of drug-likeness (QED) is 0.799. The second kappa shape index (κ2) is 8.82. The van der Waals surface area contributed by atoms with Gasteiger partial charge in [-0.3, -0.25) is 14.4 Å². The van der Waals surface area contributed by atoms with Gasteiger partial charge >= 0.3 is 0 Å². The molecule has 1 saturated heterocycles. The van der Waals surface area contributed by atoms with Crippen molar-refractivity contribution >= 4 is 5.91 Å². The van der Waals surface area contributed by atoms with Crippen LogP contribution in [0.15, 0.2) is 36.7 Å². The van der Waals surface area contributed by atoms with Gasteiger partial charge in [-0.25, -0.2) is 0 Å². The Kier molecular flexibility index (Phi) is 6.25. The monoisotopic (exact) mass is 358 g/mol. The number of carbonyl (C=O) groups excluding carboxylic acids is 1. The lowest BCUT2D eigenvalue weighted by Crippen LogP contribution is -2.49. The molecule has 1 N–H and O–H groups in total. The molecule has 1 aromatic carbocycles. The van der Waals surface area contributed by atoms with E-state index in [1.165, 1.54) is 0 Å². The molecule has 7 heteroatoms. The maximum atomic E-state index is 12.4. The van der Waals surface area contributed by atoms with Crippen molar-refractivity contribution in [2.75, 3.05) is 33.4 Å². The van der Waals surface area contributed by atoms with Crippen molar-refractivity contribution in [3.8, 4) is 5.75 Å². The molecule has 0 bridgehead atoms. The number of amides is 1. The van der Waals surface area contributed by atoms with Gasteiger partial charge in [-0.2, -0.15) is 5.10 Å². The van der Waals surface area contributed by atoms with Gasteiger partial charge in [0.1, 0.15) is 11.9 Å². The molecular weight excluding hydrogens is 332 g/mol. The van der Waals surface area contributed by atoms with E-state index in [9.17, 15) is 4.79 Å². The lowest BCUT2D eigenvalue weighted by atomic mass is 10.1. The summed E-state index contributed by atoms with van der Waals surface area (Å²) in [7, 11) is 3.56. The van der Waals surface area contributed by atoms with Crippen LogP contribution in [0.3, 0.4) is 0 Å². The van der Waals surface area contributed by atoms with Crippen molar-refractivity contribution in [2.24, 2.45) is 7.05 Å². The second-order valence-corrected chi connectivity index (χ2v) is 6.47. The predicted molar refractivity (Wildman–Crippen MR) is 97.9 cm³/mol. The first-order valence-electron chi connectivity index (χ1n) is 8.87. The molecular formula is C19H26N4O3. The highest BCUT2D eigenvalue weighted by Gasteiger charge is 2.26. The van der Waals surface area contributed by atoms with Crippen molar-refractivity contribution in [3.05, 3.63) is 47.8 Å². The third-order valence-corrected chi connectivity index (χ3v) is 4.49. The highest BCUT2D eigenvalue weighted by molar-refractivity contribution is 5.81. The summed E-state index contributed by atoms with van der Waals surface area (Å²) in [6.45, 7) is 3.31. The van der Waals surface area contributed by atoms with E-state index >= 15 is 0 Å². The summed E-state index contributed by atoms with van der Waals surface area (Å²) >= 11 is 0. The molecule has 3 rings (SSSR count). The summed E-state index contributed by atoms with van der Waals surface area (Å²) in [5, 5.41) is 7.17. The largest absolute Gasteiger partial charge is 0.496 e. The van der Waals surface area contributed by atoms with Crippen LogP contribution in [0.1, 0.15) is 11.1 Å². The molecule has 1 fully saturated rings. The number of nitrogens with zero attached hydrogens (tertiary/aromatic N) is 3. The van der Waals surface area contributed by atoms with Crippen molar-refractivity contribution in [1.29, 1.82) is 0 Å². The van der Waals surface area contributed by atoms with Crippen LogP contribution in [0.5, 0.6) is 5.75 Å². The predicted octanol–water partition coefficient (Wildman–Crippen LogP) is 0.988. The zero-order valence-electron chi connectivity index (χ0n) is 15.4. The van der Waals surface area contributed by atoms with Gasteiger partial charge in [0, 0.05) is 45.0 Å². The fourth-order valence-corrected chi connectivity index (χ4v) is 3.16. The van der Waals surface area contributed by atoms with Crippen LogP contribution in [-0.4, -0.2) is 60.0 Å². The van der Waals surface area contributed by atoms with Crippen molar-refractivity contribution in [2.45, 2.75) is 19.1 Å². The lowest BCUT2D eigenvalue weighted by Gasteiger charge is -2.31. The average Bonchev–Trinajstić information content (AvgIpc) is 3.07. The molecule has 0 spiro atoms. The van der Waals surface area contributed by atoms with Crippen molar-refractivity contribution in [1.82, 2.24) is 20.0 Å². The molecule has 140 valence electrons. The molecule has 1 aliphatic rings. The first kappa shape index (κ1) is 18.4. The number of aromatic nitrogens is 2. The van der Waals surface area contributed by atoms with Crippen LogP contribution >= 0.6 is 0 Å². The molecule has 1 amide bonds. The Morgan fingerprint density at radius 2 is 2.27 bits per heavy atom. The van der Waals surface area contributed by atoms with Gasteiger partial charge in [-0.1, -0.05) is 18.2 Å². The number of methoxy groups -OCH3 is 1. The maximum Gasteiger partial charge on any atom is 0.250 e. The van der Waals surface area contributed by atoms with E-state index in [1.807, 2.05) is 43.7 Å². The van der Waals surface area contributed by atoms with Crippen molar-refractivity contribution in [3.63, 3.8) is 0 Å². The summed E-state index contributed by atoms with van der Waals surface area (Å²) in [6.07, 6.45) is 4.15. The zero-order valence-corrected chi connectivity index (χ0v) is 15.4. The third kappa shape index (κ3) is 4.83. The number of nitrogens with one attached hydrogen (secondary N) is 1. The number of ether oxygens (including phenoxy) is 2. The molecule has 0 radical (unpaired) electrons. The lowest BCUT2D eigenvalue weighted by molar-refractivity contribution is -0.138. The first-order chi connectivity index (χ1) is 12.7. The van der Waals surface area contributed by atoms with Gasteiger partial charge in [0.25, 0.3) is 0 Å². The smallest absolute Gasteiger partial charge is 0.250 e. The van der Waals surface area contributed by atoms with Gasteiger partial charge in [0.15, 0.2) is 0 Å². The Morgan fingerprint density at radius 3 is 3.04 bits per heavy atom. The highest BCUT2D eigenvalue weighted by Crippen LogP contribution is 2.17. The van der Waals surface area contributed by atoms with Crippen LogP contribution in [0.4, 0.5) is 0 Å². The molecule has 26 heavy (non-hydrogen) atoms. The van der Waals surface area contributed by atoms with Crippen LogP contribution in [0.25, 0.3) is 0 Å². The third-order valence-electron chi connectivity index (χ3n) is 4.49. The minimum Gasteiger partial charge on any atom is -0.496 e. The summed E-state index contributed by atoms with van der Waals surface area (Å²) < 4.78 is 12.8. The first-order valence-corrected chi connectivity index (χ1v) is 8.87. The normalized spacial score (nSPS) is 17.8. The van der Waals surface area contributed by atoms with Gasteiger partial charge in [0.05, 0.1) is 19.9 Å². The van der Waals surface area contributed by atoms with Gasteiger partial charge in [-0.15, -0.1) is 0 Å². The van der Waals surface area contributed by atoms with Gasteiger partial charge in [-0.05, 0) is 18.1 Å². The molecule has 7 nitrogen and oxygen atoms in total. The molecule has 2 aromatic rings. The fourth-order valence-electron chi connectivity index (χ4n) is 3.16. The fraction of sp³-hybridized carbons (Fsp3) is 0.474. The standard InChI is InChI=1S/C19H26N4O3/c1-22-12-15(11-21-22)13-23-9-10-26-18(14-23)19(24)20-8-7-16-5-3-4-6-17(16)25-2/h3-6,11-12,18H,7-10,13-14H2,1-2H3,(H,20,24)/t18-/m0/s1. The molecule has 2 heterocycles. The van der Waals surface area contributed by atoms with Gasteiger partial charge < -0.3 is 14.8 Å². The number of rotatable bonds is 7. The van der Waals surface area contributed by atoms with Crippen LogP contribution < -0.4 is 10.1 Å². The minimum atomic E-state index is -0.432. The van der Waals surface area contributed by atoms with E-state index in [-0.39, 0.29) is 5.91 Å². The van der Waals surface area contributed by atoms with E-state index < -0.39 is 6.10 Å². The molecule has 0 unspecified atom stereocenters. The van der Waals surface area contributed by atoms with E-state index in [0.29, 0.717) is 19.7 Å². The number of hydrogen-bond acceptors (Lipinski definition) is 5. The van der Waals surface area contributed by atoms with E-state index in [1.54, 1.807) is 11.8 Å². The number of aryl methyl sites for hydroxylation is 1. The molecule has 0 aliphatic carbocycles. The summed E-state index contributed by atoms with van der Waals surface area (Å²) in [6, 6.07) is 7.85. The summed E-state index contributed by atoms with van der Waals surface area (Å²) in [5.41, 5.74) is 2.22. The Hall–Kier alpha value is -2.38. The summed E-state index contributed by atoms with van der Waals surface area (Å²) in [5.74, 6) is 0.786. The van der Waals surface area contributed by atoms with E-state index in [4.69, 9.17) is 9.47 Å². The minimum absolute atomic E-state index is 0.0595. The number of para-hydroxylation sites is 1. The zero-order chi connectivity index (χ0) is 18.4. The van der Waals surface area contributed by atoms with Crippen LogP contribution in [0, 0.1) is 0 Å². The molecule has 1 atom stereocenters. The molecule has 1 aliphatic heterocycles. The Labute approximate surface area is 153 Å². The number of morpholine rings is 1. The summed E-state index contributed by atoms with van der Waals surface area (Å²) in [4.78, 5) is 14.7.